The molecular weight excluding hydrogens is 140 g/mol. The Kier molecular flexibility index (Phi) is 2.72. The predicted molar refractivity (Wildman–Crippen MR) is 44.6 cm³/mol. The monoisotopic (exact) mass is 152 g/mol. The molecule has 0 aromatic carbocycles. The van der Waals surface area contributed by atoms with Crippen LogP contribution in [0.3, 0.4) is 0 Å². The fourth-order valence-electron chi connectivity index (χ4n) is 0.734. The number of aliphatic imine (C=N–C) groups is 1. The van der Waals surface area contributed by atoms with Gasteiger partial charge in [0.25, 0.3) is 0 Å². The van der Waals surface area contributed by atoms with Crippen LogP contribution in [0.4, 0.5) is 0 Å². The third-order valence-electron chi connectivity index (χ3n) is 1.32. The Balaban J connectivity index is 2.62. The first-order valence-electron chi connectivity index (χ1n) is 3.67. The molecule has 0 aliphatic heterocycles. The van der Waals surface area contributed by atoms with E-state index < -0.39 is 0 Å². The average molecular weight is 152 g/mol. The highest BCUT2D eigenvalue weighted by atomic mass is 16.3. The van der Waals surface area contributed by atoms with Crippen LogP contribution in [0.5, 0.6) is 0 Å². The van der Waals surface area contributed by atoms with E-state index in [4.69, 9.17) is 10.2 Å². The zero-order valence-electron chi connectivity index (χ0n) is 6.58. The van der Waals surface area contributed by atoms with Crippen LogP contribution in [0.1, 0.15) is 18.9 Å². The van der Waals surface area contributed by atoms with E-state index in [1.165, 1.54) is 0 Å². The maximum Gasteiger partial charge on any atom is 0.128 e. The molecule has 1 aromatic rings. The molecule has 0 unspecified atom stereocenters. The lowest BCUT2D eigenvalue weighted by molar-refractivity contribution is 0.567. The van der Waals surface area contributed by atoms with Gasteiger partial charge in [-0.2, -0.15) is 0 Å². The molecule has 3 heteroatoms. The van der Waals surface area contributed by atoms with Crippen molar-refractivity contribution < 1.29 is 4.42 Å². The number of furan rings is 1. The summed E-state index contributed by atoms with van der Waals surface area (Å²) in [5.74, 6) is 0.556. The van der Waals surface area contributed by atoms with Crippen LogP contribution >= 0.6 is 0 Å². The third-order valence-corrected chi connectivity index (χ3v) is 1.32. The SMILES string of the molecule is CCCN=C(N)c1ccoc1. The summed E-state index contributed by atoms with van der Waals surface area (Å²) in [4.78, 5) is 4.12. The van der Waals surface area contributed by atoms with Gasteiger partial charge < -0.3 is 10.2 Å². The van der Waals surface area contributed by atoms with E-state index in [2.05, 4.69) is 11.9 Å². The molecule has 0 fully saturated rings. The summed E-state index contributed by atoms with van der Waals surface area (Å²) < 4.78 is 4.85. The molecule has 0 saturated heterocycles. The van der Waals surface area contributed by atoms with Gasteiger partial charge in [0, 0.05) is 6.54 Å². The van der Waals surface area contributed by atoms with E-state index in [1.54, 1.807) is 18.6 Å². The number of nitrogens with zero attached hydrogens (tertiary/aromatic N) is 1. The third kappa shape index (κ3) is 2.11. The minimum absolute atomic E-state index is 0.556. The van der Waals surface area contributed by atoms with E-state index in [9.17, 15) is 0 Å². The molecule has 0 aliphatic rings. The Labute approximate surface area is 65.9 Å². The van der Waals surface area contributed by atoms with Crippen LogP contribution in [0.25, 0.3) is 0 Å². The first-order valence-corrected chi connectivity index (χ1v) is 3.67. The molecule has 1 rings (SSSR count). The number of hydrogen-bond donors (Lipinski definition) is 1. The van der Waals surface area contributed by atoms with Crippen molar-refractivity contribution >= 4 is 5.84 Å². The van der Waals surface area contributed by atoms with Gasteiger partial charge in [-0.25, -0.2) is 0 Å². The van der Waals surface area contributed by atoms with Gasteiger partial charge in [0.1, 0.15) is 12.1 Å². The molecular formula is C8H12N2O. The molecule has 0 bridgehead atoms. The van der Waals surface area contributed by atoms with Gasteiger partial charge in [-0.3, -0.25) is 4.99 Å². The van der Waals surface area contributed by atoms with Crippen molar-refractivity contribution in [2.75, 3.05) is 6.54 Å². The second-order valence-corrected chi connectivity index (χ2v) is 2.28. The quantitative estimate of drug-likeness (QED) is 0.525. The van der Waals surface area contributed by atoms with Crippen molar-refractivity contribution in [1.29, 1.82) is 0 Å². The van der Waals surface area contributed by atoms with Crippen molar-refractivity contribution in [2.45, 2.75) is 13.3 Å². The fraction of sp³-hybridized carbons (Fsp3) is 0.375. The Morgan fingerprint density at radius 1 is 1.73 bits per heavy atom. The van der Waals surface area contributed by atoms with E-state index in [0.717, 1.165) is 18.5 Å². The Morgan fingerprint density at radius 2 is 2.55 bits per heavy atom. The van der Waals surface area contributed by atoms with Crippen molar-refractivity contribution in [2.24, 2.45) is 10.7 Å². The van der Waals surface area contributed by atoms with Crippen LogP contribution in [0, 0.1) is 0 Å². The zero-order valence-corrected chi connectivity index (χ0v) is 6.58. The summed E-state index contributed by atoms with van der Waals surface area (Å²) >= 11 is 0. The summed E-state index contributed by atoms with van der Waals surface area (Å²) in [5.41, 5.74) is 6.48. The normalized spacial score (nSPS) is 11.9. The smallest absolute Gasteiger partial charge is 0.128 e. The van der Waals surface area contributed by atoms with Gasteiger partial charge in [-0.05, 0) is 12.5 Å². The number of rotatable bonds is 3. The largest absolute Gasteiger partial charge is 0.472 e. The molecule has 0 spiro atoms. The van der Waals surface area contributed by atoms with Crippen LogP contribution < -0.4 is 5.73 Å². The van der Waals surface area contributed by atoms with Crippen molar-refractivity contribution in [3.63, 3.8) is 0 Å². The highest BCUT2D eigenvalue weighted by Gasteiger charge is 1.96. The van der Waals surface area contributed by atoms with Gasteiger partial charge in [0.05, 0.1) is 11.8 Å². The topological polar surface area (TPSA) is 51.5 Å². The lowest BCUT2D eigenvalue weighted by Gasteiger charge is -1.93. The summed E-state index contributed by atoms with van der Waals surface area (Å²) in [6, 6.07) is 1.80. The second-order valence-electron chi connectivity index (χ2n) is 2.28. The van der Waals surface area contributed by atoms with Crippen molar-refractivity contribution in [3.8, 4) is 0 Å². The second kappa shape index (κ2) is 3.81. The number of amidine groups is 1. The highest BCUT2D eigenvalue weighted by molar-refractivity contribution is 5.97. The molecule has 0 saturated carbocycles. The maximum absolute atomic E-state index is 5.62. The number of hydrogen-bond acceptors (Lipinski definition) is 2. The number of nitrogens with two attached hydrogens (primary N) is 1. The van der Waals surface area contributed by atoms with Crippen molar-refractivity contribution in [3.05, 3.63) is 24.2 Å². The Bertz CT molecular complexity index is 226. The van der Waals surface area contributed by atoms with Crippen molar-refractivity contribution in [1.82, 2.24) is 0 Å². The lowest BCUT2D eigenvalue weighted by atomic mass is 10.3. The summed E-state index contributed by atoms with van der Waals surface area (Å²) in [7, 11) is 0. The molecule has 0 atom stereocenters. The minimum atomic E-state index is 0.556. The predicted octanol–water partition coefficient (Wildman–Crippen LogP) is 1.39. The Hall–Kier alpha value is -1.25. The van der Waals surface area contributed by atoms with E-state index in [1.807, 2.05) is 0 Å². The summed E-state index contributed by atoms with van der Waals surface area (Å²) in [6.45, 7) is 2.84. The van der Waals surface area contributed by atoms with E-state index >= 15 is 0 Å². The first-order chi connectivity index (χ1) is 5.34. The van der Waals surface area contributed by atoms with Gasteiger partial charge in [-0.15, -0.1) is 0 Å². The zero-order chi connectivity index (χ0) is 8.10. The van der Waals surface area contributed by atoms with E-state index in [-0.39, 0.29) is 0 Å². The van der Waals surface area contributed by atoms with Gasteiger partial charge >= 0.3 is 0 Å². The van der Waals surface area contributed by atoms with Gasteiger partial charge in [0.2, 0.25) is 0 Å². The van der Waals surface area contributed by atoms with Crippen LogP contribution in [0.15, 0.2) is 28.0 Å². The lowest BCUT2D eigenvalue weighted by Crippen LogP contribution is -2.12. The van der Waals surface area contributed by atoms with Gasteiger partial charge in [0.15, 0.2) is 0 Å². The summed E-state index contributed by atoms with van der Waals surface area (Å²) in [6.07, 6.45) is 4.19. The molecule has 0 radical (unpaired) electrons. The molecule has 11 heavy (non-hydrogen) atoms. The highest BCUT2D eigenvalue weighted by Crippen LogP contribution is 1.98. The molecule has 0 amide bonds. The molecule has 1 aromatic heterocycles. The minimum Gasteiger partial charge on any atom is -0.472 e. The van der Waals surface area contributed by atoms with Gasteiger partial charge in [-0.1, -0.05) is 6.92 Å². The summed E-state index contributed by atoms with van der Waals surface area (Å²) in [5, 5.41) is 0. The van der Waals surface area contributed by atoms with Crippen LogP contribution in [-0.4, -0.2) is 12.4 Å². The molecule has 60 valence electrons. The first kappa shape index (κ1) is 7.85. The molecule has 2 N–H and O–H groups in total. The van der Waals surface area contributed by atoms with Crippen LogP contribution in [0.2, 0.25) is 0 Å². The standard InChI is InChI=1S/C8H12N2O/c1-2-4-10-8(9)7-3-5-11-6-7/h3,5-6H,2,4H2,1H3,(H2,9,10). The molecule has 1 heterocycles. The van der Waals surface area contributed by atoms with E-state index in [0.29, 0.717) is 5.84 Å². The fourth-order valence-corrected chi connectivity index (χ4v) is 0.734. The average Bonchev–Trinajstić information content (AvgIpc) is 2.52. The molecule has 3 nitrogen and oxygen atoms in total. The molecule has 0 aliphatic carbocycles. The van der Waals surface area contributed by atoms with Crippen LogP contribution in [-0.2, 0) is 0 Å². The Morgan fingerprint density at radius 3 is 3.09 bits per heavy atom. The maximum atomic E-state index is 5.62.